The van der Waals surface area contributed by atoms with E-state index in [0.29, 0.717) is 6.54 Å². The largest absolute Gasteiger partial charge is 0.343 e. The number of benzene rings is 2. The molecule has 102 valence electrons. The Morgan fingerprint density at radius 2 is 1.90 bits per heavy atom. The van der Waals surface area contributed by atoms with E-state index in [0.717, 1.165) is 28.8 Å². The van der Waals surface area contributed by atoms with Gasteiger partial charge in [0.05, 0.1) is 0 Å². The van der Waals surface area contributed by atoms with Crippen LogP contribution < -0.4 is 5.73 Å². The number of hydrogen-bond donors (Lipinski definition) is 1. The Labute approximate surface area is 117 Å². The van der Waals surface area contributed by atoms with Crippen LogP contribution in [0.25, 0.3) is 10.9 Å². The first-order chi connectivity index (χ1) is 9.69. The van der Waals surface area contributed by atoms with Crippen molar-refractivity contribution in [2.75, 3.05) is 0 Å². The van der Waals surface area contributed by atoms with E-state index in [4.69, 9.17) is 5.73 Å². The fraction of sp³-hybridized carbons (Fsp3) is 0.176. The molecule has 20 heavy (non-hydrogen) atoms. The number of hydrogen-bond acceptors (Lipinski definition) is 1. The normalized spacial score (nSPS) is 11.2. The molecule has 3 aromatic rings. The van der Waals surface area contributed by atoms with Crippen LogP contribution in [0.1, 0.15) is 16.7 Å². The highest BCUT2D eigenvalue weighted by molar-refractivity contribution is 5.84. The molecule has 0 amide bonds. The molecular formula is C17H17FN2. The van der Waals surface area contributed by atoms with Crippen LogP contribution in [0.15, 0.2) is 48.7 Å². The smallest absolute Gasteiger partial charge is 0.123 e. The van der Waals surface area contributed by atoms with Gasteiger partial charge in [-0.1, -0.05) is 24.3 Å². The Kier molecular flexibility index (Phi) is 3.28. The minimum atomic E-state index is -0.189. The van der Waals surface area contributed by atoms with Gasteiger partial charge in [-0.2, -0.15) is 0 Å². The van der Waals surface area contributed by atoms with E-state index < -0.39 is 0 Å². The average Bonchev–Trinajstić information content (AvgIpc) is 2.80. The van der Waals surface area contributed by atoms with Crippen molar-refractivity contribution in [2.45, 2.75) is 20.0 Å². The lowest BCUT2D eigenvalue weighted by Crippen LogP contribution is -2.01. The summed E-state index contributed by atoms with van der Waals surface area (Å²) in [7, 11) is 0. The first kappa shape index (κ1) is 12.9. The minimum Gasteiger partial charge on any atom is -0.343 e. The van der Waals surface area contributed by atoms with Gasteiger partial charge in [0.25, 0.3) is 0 Å². The van der Waals surface area contributed by atoms with Gasteiger partial charge < -0.3 is 10.3 Å². The van der Waals surface area contributed by atoms with E-state index in [1.54, 1.807) is 6.07 Å². The molecule has 3 heteroatoms. The van der Waals surface area contributed by atoms with Crippen LogP contribution >= 0.6 is 0 Å². The molecule has 0 saturated carbocycles. The van der Waals surface area contributed by atoms with Gasteiger partial charge in [-0.3, -0.25) is 0 Å². The predicted octanol–water partition coefficient (Wildman–Crippen LogP) is 3.60. The van der Waals surface area contributed by atoms with Crippen molar-refractivity contribution in [1.82, 2.24) is 4.57 Å². The zero-order chi connectivity index (χ0) is 14.1. The van der Waals surface area contributed by atoms with E-state index in [1.165, 1.54) is 11.5 Å². The molecule has 0 aliphatic heterocycles. The van der Waals surface area contributed by atoms with Crippen molar-refractivity contribution >= 4 is 10.9 Å². The number of rotatable bonds is 3. The molecule has 2 aromatic carbocycles. The summed E-state index contributed by atoms with van der Waals surface area (Å²) in [6.07, 6.45) is 2.09. The van der Waals surface area contributed by atoms with Gasteiger partial charge in [0, 0.05) is 30.2 Å². The number of nitrogens with two attached hydrogens (primary N) is 1. The van der Waals surface area contributed by atoms with Gasteiger partial charge >= 0.3 is 0 Å². The zero-order valence-electron chi connectivity index (χ0n) is 11.4. The van der Waals surface area contributed by atoms with E-state index in [2.05, 4.69) is 22.9 Å². The summed E-state index contributed by atoms with van der Waals surface area (Å²) in [4.78, 5) is 0. The van der Waals surface area contributed by atoms with Crippen LogP contribution in [0.5, 0.6) is 0 Å². The molecule has 3 rings (SSSR count). The second-order valence-electron chi connectivity index (χ2n) is 5.07. The second-order valence-corrected chi connectivity index (χ2v) is 5.07. The van der Waals surface area contributed by atoms with Gasteiger partial charge in [-0.05, 0) is 41.8 Å². The van der Waals surface area contributed by atoms with E-state index >= 15 is 0 Å². The highest BCUT2D eigenvalue weighted by Crippen LogP contribution is 2.23. The monoisotopic (exact) mass is 268 g/mol. The third-order valence-electron chi connectivity index (χ3n) is 3.74. The molecule has 0 saturated heterocycles. The molecule has 0 fully saturated rings. The van der Waals surface area contributed by atoms with E-state index in [9.17, 15) is 4.39 Å². The lowest BCUT2D eigenvalue weighted by Gasteiger charge is -2.08. The SMILES string of the molecule is Cc1cc(F)ccc1Cn1cc(CN)c2ccccc21. The van der Waals surface area contributed by atoms with Gasteiger partial charge in [0.15, 0.2) is 0 Å². The molecule has 0 aliphatic carbocycles. The maximum atomic E-state index is 13.2. The highest BCUT2D eigenvalue weighted by Gasteiger charge is 2.08. The van der Waals surface area contributed by atoms with Crippen LogP contribution in [0.3, 0.4) is 0 Å². The lowest BCUT2D eigenvalue weighted by molar-refractivity contribution is 0.625. The topological polar surface area (TPSA) is 30.9 Å². The van der Waals surface area contributed by atoms with Crippen LogP contribution in [-0.4, -0.2) is 4.57 Å². The van der Waals surface area contributed by atoms with Gasteiger partial charge in [-0.25, -0.2) is 4.39 Å². The van der Waals surface area contributed by atoms with E-state index in [1.807, 2.05) is 25.1 Å². The maximum Gasteiger partial charge on any atom is 0.123 e. The Morgan fingerprint density at radius 3 is 2.65 bits per heavy atom. The number of aryl methyl sites for hydroxylation is 1. The van der Waals surface area contributed by atoms with Crippen molar-refractivity contribution in [2.24, 2.45) is 5.73 Å². The molecule has 0 bridgehead atoms. The fourth-order valence-electron chi connectivity index (χ4n) is 2.64. The van der Waals surface area contributed by atoms with Crippen molar-refractivity contribution in [3.63, 3.8) is 0 Å². The Balaban J connectivity index is 2.06. The lowest BCUT2D eigenvalue weighted by atomic mass is 10.1. The summed E-state index contributed by atoms with van der Waals surface area (Å²) >= 11 is 0. The Bertz CT molecular complexity index is 759. The summed E-state index contributed by atoms with van der Waals surface area (Å²) in [5, 5.41) is 1.19. The summed E-state index contributed by atoms with van der Waals surface area (Å²) in [6.45, 7) is 3.19. The number of halogens is 1. The van der Waals surface area contributed by atoms with Crippen molar-refractivity contribution < 1.29 is 4.39 Å². The highest BCUT2D eigenvalue weighted by atomic mass is 19.1. The van der Waals surface area contributed by atoms with Gasteiger partial charge in [0.2, 0.25) is 0 Å². The molecule has 0 aliphatic rings. The van der Waals surface area contributed by atoms with Crippen molar-refractivity contribution in [1.29, 1.82) is 0 Å². The van der Waals surface area contributed by atoms with Crippen LogP contribution in [0.4, 0.5) is 4.39 Å². The first-order valence-electron chi connectivity index (χ1n) is 6.71. The summed E-state index contributed by atoms with van der Waals surface area (Å²) in [5.74, 6) is -0.189. The Morgan fingerprint density at radius 1 is 1.10 bits per heavy atom. The molecular weight excluding hydrogens is 251 g/mol. The number of fused-ring (bicyclic) bond motifs is 1. The molecule has 2 nitrogen and oxygen atoms in total. The maximum absolute atomic E-state index is 13.2. The molecule has 0 atom stereocenters. The molecule has 0 spiro atoms. The average molecular weight is 268 g/mol. The van der Waals surface area contributed by atoms with Crippen molar-refractivity contribution in [3.05, 3.63) is 71.2 Å². The molecule has 1 heterocycles. The third kappa shape index (κ3) is 2.21. The van der Waals surface area contributed by atoms with Crippen LogP contribution in [0.2, 0.25) is 0 Å². The van der Waals surface area contributed by atoms with Crippen LogP contribution in [-0.2, 0) is 13.1 Å². The van der Waals surface area contributed by atoms with Crippen molar-refractivity contribution in [3.8, 4) is 0 Å². The molecule has 2 N–H and O–H groups in total. The molecule has 1 aromatic heterocycles. The second kappa shape index (κ2) is 5.10. The molecule has 0 radical (unpaired) electrons. The summed E-state index contributed by atoms with van der Waals surface area (Å²) < 4.78 is 15.4. The minimum absolute atomic E-state index is 0.189. The summed E-state index contributed by atoms with van der Waals surface area (Å²) in [5.41, 5.74) is 10.2. The predicted molar refractivity (Wildman–Crippen MR) is 80.1 cm³/mol. The van der Waals surface area contributed by atoms with Gasteiger partial charge in [0.1, 0.15) is 5.82 Å². The molecule has 0 unspecified atom stereocenters. The van der Waals surface area contributed by atoms with Gasteiger partial charge in [-0.15, -0.1) is 0 Å². The summed E-state index contributed by atoms with van der Waals surface area (Å²) in [6, 6.07) is 13.2. The van der Waals surface area contributed by atoms with E-state index in [-0.39, 0.29) is 5.82 Å². The van der Waals surface area contributed by atoms with Crippen LogP contribution in [0, 0.1) is 12.7 Å². The quantitative estimate of drug-likeness (QED) is 0.773. The zero-order valence-corrected chi connectivity index (χ0v) is 11.4. The first-order valence-corrected chi connectivity index (χ1v) is 6.71. The number of nitrogens with zero attached hydrogens (tertiary/aromatic N) is 1. The third-order valence-corrected chi connectivity index (χ3v) is 3.74. The standard InChI is InChI=1S/C17H17FN2/c1-12-8-15(18)7-6-13(12)10-20-11-14(9-19)16-4-2-3-5-17(16)20/h2-8,11H,9-10,19H2,1H3. The number of aromatic nitrogens is 1. The number of para-hydroxylation sites is 1. The fourth-order valence-corrected chi connectivity index (χ4v) is 2.64. The Hall–Kier alpha value is -2.13.